The number of benzene rings is 2. The van der Waals surface area contributed by atoms with E-state index in [1.807, 2.05) is 43.3 Å². The number of carboxylic acid groups (broad SMARTS) is 1. The van der Waals surface area contributed by atoms with E-state index < -0.39 is 28.6 Å². The highest BCUT2D eigenvalue weighted by Crippen LogP contribution is 2.32. The largest absolute Gasteiger partial charge is 0.480 e. The fourth-order valence-corrected chi connectivity index (χ4v) is 5.96. The van der Waals surface area contributed by atoms with Crippen molar-refractivity contribution in [2.45, 2.75) is 44.7 Å². The molecule has 0 aliphatic carbocycles. The summed E-state index contributed by atoms with van der Waals surface area (Å²) >= 11 is 0. The van der Waals surface area contributed by atoms with Crippen LogP contribution in [0.2, 0.25) is 0 Å². The van der Waals surface area contributed by atoms with E-state index in [-0.39, 0.29) is 13.2 Å². The maximum atomic E-state index is 13.6. The number of hydrogen-bond acceptors (Lipinski definition) is 4. The second kappa shape index (κ2) is 8.03. The molecular formula is C21H25NO5S. The van der Waals surface area contributed by atoms with Crippen LogP contribution >= 0.6 is 0 Å². The SMILES string of the molecule is Cc1cc(C)c(S(=O)(=O)N2Cc3ccccc3CC2COCC(=O)O)c(C)c1. The van der Waals surface area contributed by atoms with Gasteiger partial charge in [0.1, 0.15) is 6.61 Å². The van der Waals surface area contributed by atoms with E-state index in [0.29, 0.717) is 22.4 Å². The van der Waals surface area contributed by atoms with Crippen molar-refractivity contribution < 1.29 is 23.1 Å². The number of hydrogen-bond donors (Lipinski definition) is 1. The fourth-order valence-electron chi connectivity index (χ4n) is 3.96. The van der Waals surface area contributed by atoms with E-state index >= 15 is 0 Å². The first-order valence-electron chi connectivity index (χ1n) is 9.16. The number of sulfonamides is 1. The Kier molecular flexibility index (Phi) is 5.88. The molecule has 1 N–H and O–H groups in total. The van der Waals surface area contributed by atoms with Crippen LogP contribution in [0.15, 0.2) is 41.3 Å². The van der Waals surface area contributed by atoms with E-state index in [2.05, 4.69) is 0 Å². The van der Waals surface area contributed by atoms with Crippen LogP contribution < -0.4 is 0 Å². The Morgan fingerprint density at radius 2 is 1.75 bits per heavy atom. The van der Waals surface area contributed by atoms with Gasteiger partial charge in [0.15, 0.2) is 0 Å². The van der Waals surface area contributed by atoms with E-state index in [0.717, 1.165) is 16.7 Å². The summed E-state index contributed by atoms with van der Waals surface area (Å²) in [5, 5.41) is 8.85. The summed E-state index contributed by atoms with van der Waals surface area (Å²) in [6.45, 7) is 5.38. The normalized spacial score (nSPS) is 17.3. The lowest BCUT2D eigenvalue weighted by Crippen LogP contribution is -2.47. The molecule has 28 heavy (non-hydrogen) atoms. The van der Waals surface area contributed by atoms with Crippen molar-refractivity contribution in [2.24, 2.45) is 0 Å². The average molecular weight is 404 g/mol. The molecule has 0 bridgehead atoms. The van der Waals surface area contributed by atoms with Gasteiger partial charge in [-0.25, -0.2) is 13.2 Å². The summed E-state index contributed by atoms with van der Waals surface area (Å²) in [4.78, 5) is 11.1. The van der Waals surface area contributed by atoms with E-state index in [1.165, 1.54) is 4.31 Å². The van der Waals surface area contributed by atoms with Gasteiger partial charge in [-0.2, -0.15) is 4.31 Å². The lowest BCUT2D eigenvalue weighted by Gasteiger charge is -2.36. The molecule has 150 valence electrons. The Morgan fingerprint density at radius 1 is 1.14 bits per heavy atom. The highest BCUT2D eigenvalue weighted by atomic mass is 32.2. The van der Waals surface area contributed by atoms with Gasteiger partial charge in [0.05, 0.1) is 17.5 Å². The topological polar surface area (TPSA) is 83.9 Å². The molecule has 0 amide bonds. The fraction of sp³-hybridized carbons (Fsp3) is 0.381. The number of fused-ring (bicyclic) bond motifs is 1. The predicted octanol–water partition coefficient (Wildman–Crippen LogP) is 2.83. The first kappa shape index (κ1) is 20.5. The van der Waals surface area contributed by atoms with Crippen molar-refractivity contribution in [2.75, 3.05) is 13.2 Å². The zero-order valence-electron chi connectivity index (χ0n) is 16.3. The molecule has 2 aromatic carbocycles. The zero-order valence-corrected chi connectivity index (χ0v) is 17.1. The molecule has 1 aliphatic rings. The highest BCUT2D eigenvalue weighted by molar-refractivity contribution is 7.89. The summed E-state index contributed by atoms with van der Waals surface area (Å²) in [6.07, 6.45) is 0.485. The van der Waals surface area contributed by atoms with Crippen LogP contribution in [0.5, 0.6) is 0 Å². The first-order chi connectivity index (χ1) is 13.2. The summed E-state index contributed by atoms with van der Waals surface area (Å²) in [7, 11) is -3.78. The molecule has 1 aliphatic heterocycles. The van der Waals surface area contributed by atoms with Crippen molar-refractivity contribution in [1.29, 1.82) is 0 Å². The molecule has 1 atom stereocenters. The Morgan fingerprint density at radius 3 is 2.36 bits per heavy atom. The van der Waals surface area contributed by atoms with Gasteiger partial charge in [0, 0.05) is 6.54 Å². The second-order valence-corrected chi connectivity index (χ2v) is 9.14. The van der Waals surface area contributed by atoms with Crippen LogP contribution in [0.1, 0.15) is 27.8 Å². The van der Waals surface area contributed by atoms with Crippen LogP contribution in [-0.4, -0.2) is 43.1 Å². The molecule has 0 aromatic heterocycles. The van der Waals surface area contributed by atoms with Gasteiger partial charge in [-0.15, -0.1) is 0 Å². The Hall–Kier alpha value is -2.22. The smallest absolute Gasteiger partial charge is 0.329 e. The van der Waals surface area contributed by atoms with Crippen LogP contribution in [-0.2, 0) is 32.5 Å². The molecule has 2 aromatic rings. The number of aliphatic carboxylic acids is 1. The van der Waals surface area contributed by atoms with Crippen molar-refractivity contribution in [3.05, 3.63) is 64.2 Å². The molecule has 0 fully saturated rings. The van der Waals surface area contributed by atoms with Gasteiger partial charge in [-0.05, 0) is 49.4 Å². The Balaban J connectivity index is 2.01. The summed E-state index contributed by atoms with van der Waals surface area (Å²) in [5.41, 5.74) is 4.46. The molecule has 0 saturated carbocycles. The Labute approximate surface area is 165 Å². The minimum absolute atomic E-state index is 0.0316. The van der Waals surface area contributed by atoms with Crippen LogP contribution in [0, 0.1) is 20.8 Å². The summed E-state index contributed by atoms with van der Waals surface area (Å²) in [5.74, 6) is -1.07. The average Bonchev–Trinajstić information content (AvgIpc) is 2.59. The van der Waals surface area contributed by atoms with Crippen LogP contribution in [0.4, 0.5) is 0 Å². The van der Waals surface area contributed by atoms with E-state index in [9.17, 15) is 13.2 Å². The van der Waals surface area contributed by atoms with Gasteiger partial charge in [0.2, 0.25) is 10.0 Å². The van der Waals surface area contributed by atoms with E-state index in [1.54, 1.807) is 13.8 Å². The third-order valence-corrected chi connectivity index (χ3v) is 7.22. The third kappa shape index (κ3) is 4.11. The van der Waals surface area contributed by atoms with Gasteiger partial charge in [-0.1, -0.05) is 42.0 Å². The number of nitrogens with zero attached hydrogens (tertiary/aromatic N) is 1. The third-order valence-electron chi connectivity index (χ3n) is 5.01. The van der Waals surface area contributed by atoms with Crippen molar-refractivity contribution in [3.63, 3.8) is 0 Å². The maximum Gasteiger partial charge on any atom is 0.329 e. The predicted molar refractivity (Wildman–Crippen MR) is 106 cm³/mol. The van der Waals surface area contributed by atoms with Crippen molar-refractivity contribution >= 4 is 16.0 Å². The molecule has 0 spiro atoms. The molecule has 3 rings (SSSR count). The van der Waals surface area contributed by atoms with Gasteiger partial charge in [-0.3, -0.25) is 0 Å². The molecule has 1 unspecified atom stereocenters. The number of ether oxygens (including phenoxy) is 1. The molecular weight excluding hydrogens is 378 g/mol. The monoisotopic (exact) mass is 403 g/mol. The number of aryl methyl sites for hydroxylation is 3. The number of carbonyl (C=O) groups is 1. The summed E-state index contributed by atoms with van der Waals surface area (Å²) < 4.78 is 34.0. The standard InChI is InChI=1S/C21H25NO5S/c1-14-8-15(2)21(16(3)9-14)28(25,26)22-11-18-7-5-4-6-17(18)10-19(22)12-27-13-20(23)24/h4-9,19H,10-13H2,1-3H3,(H,23,24). The van der Waals surface area contributed by atoms with Crippen molar-refractivity contribution in [1.82, 2.24) is 4.31 Å². The zero-order chi connectivity index (χ0) is 20.5. The van der Waals surface area contributed by atoms with E-state index in [4.69, 9.17) is 9.84 Å². The molecule has 0 radical (unpaired) electrons. The second-order valence-electron chi connectivity index (χ2n) is 7.31. The lowest BCUT2D eigenvalue weighted by molar-refractivity contribution is -0.142. The van der Waals surface area contributed by atoms with Crippen LogP contribution in [0.3, 0.4) is 0 Å². The highest BCUT2D eigenvalue weighted by Gasteiger charge is 2.37. The van der Waals surface area contributed by atoms with Crippen LogP contribution in [0.25, 0.3) is 0 Å². The molecule has 7 heteroatoms. The number of carboxylic acids is 1. The van der Waals surface area contributed by atoms with Gasteiger partial charge in [0.25, 0.3) is 0 Å². The summed E-state index contributed by atoms with van der Waals surface area (Å²) in [6, 6.07) is 11.0. The molecule has 1 heterocycles. The maximum absolute atomic E-state index is 13.6. The Bertz CT molecular complexity index is 977. The van der Waals surface area contributed by atoms with Gasteiger partial charge < -0.3 is 9.84 Å². The number of rotatable bonds is 6. The molecule has 0 saturated heterocycles. The lowest BCUT2D eigenvalue weighted by atomic mass is 9.96. The first-order valence-corrected chi connectivity index (χ1v) is 10.6. The quantitative estimate of drug-likeness (QED) is 0.802. The van der Waals surface area contributed by atoms with Crippen molar-refractivity contribution in [3.8, 4) is 0 Å². The molecule has 6 nitrogen and oxygen atoms in total. The minimum Gasteiger partial charge on any atom is -0.480 e. The minimum atomic E-state index is -3.78. The van der Waals surface area contributed by atoms with Gasteiger partial charge >= 0.3 is 5.97 Å².